The van der Waals surface area contributed by atoms with Crippen LogP contribution in [0.5, 0.6) is 0 Å². The van der Waals surface area contributed by atoms with Crippen LogP contribution in [0.2, 0.25) is 6.55 Å². The van der Waals surface area contributed by atoms with Gasteiger partial charge in [0.1, 0.15) is 0 Å². The van der Waals surface area contributed by atoms with Crippen molar-refractivity contribution in [2.45, 2.75) is 33.2 Å². The Morgan fingerprint density at radius 3 is 1.31 bits per heavy atom. The van der Waals surface area contributed by atoms with E-state index in [-0.39, 0.29) is 0 Å². The van der Waals surface area contributed by atoms with E-state index in [1.807, 2.05) is 18.2 Å². The molecule has 0 saturated heterocycles. The minimum absolute atomic E-state index is 0.557. The summed E-state index contributed by atoms with van der Waals surface area (Å²) in [4.78, 5) is 0. The van der Waals surface area contributed by atoms with Crippen LogP contribution in [-0.2, 0) is 30.8 Å². The second-order valence-corrected chi connectivity index (χ2v) is 32.0. The van der Waals surface area contributed by atoms with E-state index in [4.69, 9.17) is 17.0 Å². The van der Waals surface area contributed by atoms with Crippen molar-refractivity contribution in [3.8, 4) is 22.3 Å². The fourth-order valence-corrected chi connectivity index (χ4v) is 13.2. The van der Waals surface area contributed by atoms with E-state index in [1.54, 1.807) is 0 Å². The van der Waals surface area contributed by atoms with Gasteiger partial charge in [0.15, 0.2) is 0 Å². The Hall–Kier alpha value is -3.00. The topological polar surface area (TPSA) is 0 Å². The van der Waals surface area contributed by atoms with E-state index in [0.717, 1.165) is 12.8 Å². The first kappa shape index (κ1) is 33.4. The Morgan fingerprint density at radius 2 is 0.933 bits per heavy atom. The Balaban J connectivity index is 0.000000137. The number of rotatable bonds is 5. The summed E-state index contributed by atoms with van der Waals surface area (Å²) in [6, 6.07) is 53.9. The van der Waals surface area contributed by atoms with Gasteiger partial charge in [0.2, 0.25) is 0 Å². The molecule has 0 nitrogen and oxygen atoms in total. The summed E-state index contributed by atoms with van der Waals surface area (Å²) in [5, 5.41) is 6.81. The standard InChI is InChI=1S/2C17H15.C7H8Si.2ClH.Zr/c2*1-2-13-11-15-9-6-10-16(17(15)12-13)14-7-4-3-5-8-14;1-8-7-5-3-2-4-6-7;;;/h2*3-12H,2H2,1H3;2-6H,1H3;2*1H;/q2*-1;;;;+2/p-2. The molecule has 7 aromatic rings. The van der Waals surface area contributed by atoms with Gasteiger partial charge in [0, 0.05) is 0 Å². The van der Waals surface area contributed by atoms with Crippen molar-refractivity contribution in [2.24, 2.45) is 0 Å². The Labute approximate surface area is 283 Å². The van der Waals surface area contributed by atoms with Gasteiger partial charge in [0.25, 0.3) is 0 Å². The second kappa shape index (κ2) is 16.5. The summed E-state index contributed by atoms with van der Waals surface area (Å²) in [6.07, 6.45) is 2.20. The number of fused-ring (bicyclic) bond motifs is 2. The predicted molar refractivity (Wildman–Crippen MR) is 198 cm³/mol. The van der Waals surface area contributed by atoms with Crippen LogP contribution in [0.1, 0.15) is 25.0 Å². The van der Waals surface area contributed by atoms with Crippen molar-refractivity contribution in [1.82, 2.24) is 0 Å². The quantitative estimate of drug-likeness (QED) is 0.123. The molecule has 0 aromatic heterocycles. The third-order valence-corrected chi connectivity index (χ3v) is 26.2. The number of hydrogen-bond acceptors (Lipinski definition) is 0. The van der Waals surface area contributed by atoms with Crippen molar-refractivity contribution in [2.75, 3.05) is 0 Å². The van der Waals surface area contributed by atoms with Gasteiger partial charge in [-0.3, -0.25) is 0 Å². The molecule has 0 heterocycles. The summed E-state index contributed by atoms with van der Waals surface area (Å²) < 4.78 is 0. The summed E-state index contributed by atoms with van der Waals surface area (Å²) >= 11 is -1.95. The van der Waals surface area contributed by atoms with Gasteiger partial charge < -0.3 is 0 Å². The molecule has 226 valence electrons. The van der Waals surface area contributed by atoms with Gasteiger partial charge in [-0.2, -0.15) is 12.1 Å². The van der Waals surface area contributed by atoms with Crippen LogP contribution in [0.4, 0.5) is 0 Å². The normalized spacial score (nSPS) is 10.5. The van der Waals surface area contributed by atoms with Crippen LogP contribution < -0.4 is 5.19 Å². The number of hydrogen-bond donors (Lipinski definition) is 0. The maximum atomic E-state index is 5.97. The Morgan fingerprint density at radius 1 is 0.533 bits per heavy atom. The zero-order valence-electron chi connectivity index (χ0n) is 26.1. The molecule has 0 amide bonds. The minimum atomic E-state index is -1.95. The molecule has 0 saturated carbocycles. The zero-order valence-corrected chi connectivity index (χ0v) is 31.1. The molecule has 4 heteroatoms. The van der Waals surface area contributed by atoms with E-state index in [0.29, 0.717) is 0 Å². The van der Waals surface area contributed by atoms with Crippen molar-refractivity contribution in [3.63, 3.8) is 0 Å². The first-order chi connectivity index (χ1) is 22.0. The van der Waals surface area contributed by atoms with E-state index in [1.165, 1.54) is 60.1 Å². The third kappa shape index (κ3) is 8.63. The zero-order chi connectivity index (χ0) is 31.6. The van der Waals surface area contributed by atoms with E-state index in [9.17, 15) is 0 Å². The Bertz CT molecular complexity index is 1870. The summed E-state index contributed by atoms with van der Waals surface area (Å²) in [7, 11) is 11.9. The monoisotopic (exact) mass is 718 g/mol. The molecule has 0 aliphatic carbocycles. The molecule has 7 rings (SSSR count). The SMILES string of the molecule is CCc1cc2c(-c3ccccc3)cccc2[cH-]1.CCc1cc2c(-c3ccccc3)cccc2[cH-]1.C[Si](c1ccccc1)=[Zr]([Cl])[Cl]. The molecule has 45 heavy (non-hydrogen) atoms. The molecule has 0 aliphatic heterocycles. The summed E-state index contributed by atoms with van der Waals surface area (Å²) in [5.41, 5.74) is 7.55. The molecule has 0 unspecified atom stereocenters. The molecule has 0 N–H and O–H groups in total. The van der Waals surface area contributed by atoms with Crippen LogP contribution in [-0.4, -0.2) is 5.43 Å². The first-order valence-electron chi connectivity index (χ1n) is 15.5. The van der Waals surface area contributed by atoms with Gasteiger partial charge in [-0.1, -0.05) is 97.8 Å². The predicted octanol–water partition coefficient (Wildman–Crippen LogP) is 12.0. The van der Waals surface area contributed by atoms with E-state index in [2.05, 4.69) is 154 Å². The van der Waals surface area contributed by atoms with Crippen molar-refractivity contribution in [3.05, 3.63) is 163 Å². The van der Waals surface area contributed by atoms with Crippen LogP contribution in [0.25, 0.3) is 43.8 Å². The fraction of sp³-hybridized carbons (Fsp3) is 0.122. The average Bonchev–Trinajstić information content (AvgIpc) is 3.74. The summed E-state index contributed by atoms with van der Waals surface area (Å²) in [5.74, 6) is 0. The molecule has 0 fully saturated rings. The number of halogens is 2. The Kier molecular flexibility index (Phi) is 12.3. The third-order valence-electron chi connectivity index (χ3n) is 8.10. The molecule has 0 radical (unpaired) electrons. The number of aryl methyl sites for hydroxylation is 2. The molecule has 0 bridgehead atoms. The van der Waals surface area contributed by atoms with Crippen molar-refractivity contribution < 1.29 is 18.0 Å². The maximum absolute atomic E-state index is 5.97. The van der Waals surface area contributed by atoms with E-state index >= 15 is 0 Å². The van der Waals surface area contributed by atoms with E-state index < -0.39 is 23.4 Å². The van der Waals surface area contributed by atoms with Crippen LogP contribution in [0.15, 0.2) is 152 Å². The van der Waals surface area contributed by atoms with Gasteiger partial charge in [0.05, 0.1) is 0 Å². The molecule has 0 atom stereocenters. The van der Waals surface area contributed by atoms with Crippen molar-refractivity contribution >= 4 is 49.2 Å². The first-order valence-corrected chi connectivity index (χ1v) is 27.5. The van der Waals surface area contributed by atoms with Crippen LogP contribution in [0, 0.1) is 0 Å². The average molecular weight is 721 g/mol. The van der Waals surface area contributed by atoms with Crippen LogP contribution in [0.3, 0.4) is 0 Å². The fourth-order valence-electron chi connectivity index (χ4n) is 5.54. The number of benzene rings is 5. The van der Waals surface area contributed by atoms with Crippen molar-refractivity contribution in [1.29, 1.82) is 0 Å². The molecular formula is C41H38Cl2SiZr-2. The second-order valence-electron chi connectivity index (χ2n) is 11.0. The van der Waals surface area contributed by atoms with Gasteiger partial charge >= 0.3 is 82.5 Å². The molecule has 0 aliphatic rings. The molecule has 0 spiro atoms. The van der Waals surface area contributed by atoms with Gasteiger partial charge in [-0.15, -0.1) is 69.1 Å². The molecular weight excluding hydrogens is 683 g/mol. The molecule has 7 aromatic carbocycles. The van der Waals surface area contributed by atoms with Gasteiger partial charge in [-0.05, 0) is 24.0 Å². The van der Waals surface area contributed by atoms with Gasteiger partial charge in [-0.25, -0.2) is 0 Å². The van der Waals surface area contributed by atoms with Crippen LogP contribution >= 0.6 is 17.0 Å². The summed E-state index contributed by atoms with van der Waals surface area (Å²) in [6.45, 7) is 6.61.